The Morgan fingerprint density at radius 1 is 1.15 bits per heavy atom. The van der Waals surface area contributed by atoms with E-state index in [1.165, 1.54) is 12.3 Å². The molecule has 0 saturated carbocycles. The Bertz CT molecular complexity index is 1150. The first kappa shape index (κ1) is 17.3. The predicted octanol–water partition coefficient (Wildman–Crippen LogP) is 4.81. The number of H-pyrrole nitrogens is 1. The lowest BCUT2D eigenvalue weighted by molar-refractivity contribution is 0.416. The third kappa shape index (κ3) is 3.33. The van der Waals surface area contributed by atoms with Gasteiger partial charge in [-0.05, 0) is 30.3 Å². The van der Waals surface area contributed by atoms with Gasteiger partial charge >= 0.3 is 0 Å². The zero-order valence-electron chi connectivity index (χ0n) is 13.9. The lowest BCUT2D eigenvalue weighted by Gasteiger charge is -2.08. The van der Waals surface area contributed by atoms with Gasteiger partial charge in [-0.2, -0.15) is 5.10 Å². The standard InChI is InChI=1S/C18H12BrF2N5O/c1-27-14-5-2-9(19)6-11(14)16-17-18(26-25-16)24-15(8-22-17)23-13-4-3-10(20)7-12(13)21/h2-8H,1H3,(H2,23,24,25,26). The number of halogens is 3. The molecule has 2 aromatic heterocycles. The molecular formula is C18H12BrF2N5O. The van der Waals surface area contributed by atoms with Crippen LogP contribution in [0.1, 0.15) is 0 Å². The molecular weight excluding hydrogens is 420 g/mol. The van der Waals surface area contributed by atoms with Gasteiger partial charge in [0, 0.05) is 16.1 Å². The fourth-order valence-corrected chi connectivity index (χ4v) is 3.01. The second-order valence-corrected chi connectivity index (χ2v) is 6.54. The van der Waals surface area contributed by atoms with Crippen LogP contribution in [-0.4, -0.2) is 27.3 Å². The van der Waals surface area contributed by atoms with E-state index in [0.717, 1.165) is 22.2 Å². The van der Waals surface area contributed by atoms with E-state index < -0.39 is 11.6 Å². The number of hydrogen-bond donors (Lipinski definition) is 2. The van der Waals surface area contributed by atoms with Gasteiger partial charge in [0.1, 0.15) is 22.9 Å². The van der Waals surface area contributed by atoms with Crippen LogP contribution in [0.5, 0.6) is 5.75 Å². The van der Waals surface area contributed by atoms with E-state index in [0.29, 0.717) is 22.6 Å². The molecule has 0 spiro atoms. The molecule has 6 nitrogen and oxygen atoms in total. The van der Waals surface area contributed by atoms with Crippen molar-refractivity contribution in [2.24, 2.45) is 0 Å². The second-order valence-electron chi connectivity index (χ2n) is 5.62. The van der Waals surface area contributed by atoms with Crippen LogP contribution < -0.4 is 10.1 Å². The van der Waals surface area contributed by atoms with Crippen molar-refractivity contribution in [3.05, 3.63) is 58.7 Å². The fourth-order valence-electron chi connectivity index (χ4n) is 2.65. The number of nitrogens with zero attached hydrogens (tertiary/aromatic N) is 3. The summed E-state index contributed by atoms with van der Waals surface area (Å²) in [6, 6.07) is 8.81. The van der Waals surface area contributed by atoms with Crippen LogP contribution in [-0.2, 0) is 0 Å². The minimum absolute atomic E-state index is 0.0921. The summed E-state index contributed by atoms with van der Waals surface area (Å²) < 4.78 is 33.1. The van der Waals surface area contributed by atoms with Crippen LogP contribution in [0.2, 0.25) is 0 Å². The molecule has 0 unspecified atom stereocenters. The minimum Gasteiger partial charge on any atom is -0.496 e. The Balaban J connectivity index is 1.73. The maximum Gasteiger partial charge on any atom is 0.202 e. The highest BCUT2D eigenvalue weighted by Gasteiger charge is 2.16. The number of nitrogens with one attached hydrogen (secondary N) is 2. The van der Waals surface area contributed by atoms with E-state index in [-0.39, 0.29) is 11.5 Å². The third-order valence-corrected chi connectivity index (χ3v) is 4.38. The molecule has 4 rings (SSSR count). The van der Waals surface area contributed by atoms with Crippen molar-refractivity contribution >= 4 is 38.6 Å². The van der Waals surface area contributed by atoms with Gasteiger partial charge in [0.15, 0.2) is 5.82 Å². The predicted molar refractivity (Wildman–Crippen MR) is 101 cm³/mol. The van der Waals surface area contributed by atoms with Crippen LogP contribution in [0, 0.1) is 11.6 Å². The summed E-state index contributed by atoms with van der Waals surface area (Å²) in [5, 5.41) is 9.86. The smallest absolute Gasteiger partial charge is 0.202 e. The second kappa shape index (κ2) is 6.92. The van der Waals surface area contributed by atoms with E-state index >= 15 is 0 Å². The number of aromatic nitrogens is 4. The van der Waals surface area contributed by atoms with Crippen molar-refractivity contribution in [1.82, 2.24) is 20.2 Å². The van der Waals surface area contributed by atoms with Crippen molar-refractivity contribution in [1.29, 1.82) is 0 Å². The molecule has 2 heterocycles. The van der Waals surface area contributed by atoms with E-state index in [2.05, 4.69) is 41.4 Å². The topological polar surface area (TPSA) is 75.7 Å². The summed E-state index contributed by atoms with van der Waals surface area (Å²) in [7, 11) is 1.58. The van der Waals surface area contributed by atoms with Crippen molar-refractivity contribution < 1.29 is 13.5 Å². The largest absolute Gasteiger partial charge is 0.496 e. The molecule has 0 aliphatic heterocycles. The molecule has 0 amide bonds. The number of rotatable bonds is 4. The number of fused-ring (bicyclic) bond motifs is 1. The average molecular weight is 432 g/mol. The van der Waals surface area contributed by atoms with E-state index in [9.17, 15) is 8.78 Å². The van der Waals surface area contributed by atoms with Crippen molar-refractivity contribution in [3.63, 3.8) is 0 Å². The first-order valence-corrected chi connectivity index (χ1v) is 8.61. The quantitative estimate of drug-likeness (QED) is 0.484. The Labute approximate surface area is 160 Å². The zero-order valence-corrected chi connectivity index (χ0v) is 15.5. The van der Waals surface area contributed by atoms with Crippen LogP contribution >= 0.6 is 15.9 Å². The Morgan fingerprint density at radius 2 is 2.00 bits per heavy atom. The van der Waals surface area contributed by atoms with Gasteiger partial charge in [-0.15, -0.1) is 0 Å². The molecule has 27 heavy (non-hydrogen) atoms. The van der Waals surface area contributed by atoms with E-state index in [4.69, 9.17) is 4.74 Å². The maximum atomic E-state index is 13.8. The maximum absolute atomic E-state index is 13.8. The molecule has 0 aliphatic rings. The normalized spacial score (nSPS) is 11.0. The lowest BCUT2D eigenvalue weighted by atomic mass is 10.1. The van der Waals surface area contributed by atoms with Gasteiger partial charge in [-0.3, -0.25) is 5.10 Å². The number of ether oxygens (including phenoxy) is 1. The average Bonchev–Trinajstić information content (AvgIpc) is 3.07. The summed E-state index contributed by atoms with van der Waals surface area (Å²) in [6.07, 6.45) is 1.45. The molecule has 0 saturated heterocycles. The van der Waals surface area contributed by atoms with Crippen LogP contribution in [0.3, 0.4) is 0 Å². The lowest BCUT2D eigenvalue weighted by Crippen LogP contribution is -1.98. The highest BCUT2D eigenvalue weighted by atomic mass is 79.9. The van der Waals surface area contributed by atoms with Crippen LogP contribution in [0.25, 0.3) is 22.4 Å². The summed E-state index contributed by atoms with van der Waals surface area (Å²) in [4.78, 5) is 8.71. The number of aromatic amines is 1. The minimum atomic E-state index is -0.724. The zero-order chi connectivity index (χ0) is 19.0. The van der Waals surface area contributed by atoms with E-state index in [1.54, 1.807) is 7.11 Å². The number of methoxy groups -OCH3 is 1. The number of hydrogen-bond acceptors (Lipinski definition) is 5. The summed E-state index contributed by atoms with van der Waals surface area (Å²) in [6.45, 7) is 0. The monoisotopic (exact) mass is 431 g/mol. The highest BCUT2D eigenvalue weighted by Crippen LogP contribution is 2.34. The van der Waals surface area contributed by atoms with Gasteiger partial charge in [0.25, 0.3) is 0 Å². The molecule has 4 aromatic rings. The highest BCUT2D eigenvalue weighted by molar-refractivity contribution is 9.10. The van der Waals surface area contributed by atoms with Gasteiger partial charge in [0.2, 0.25) is 5.65 Å². The van der Waals surface area contributed by atoms with Gasteiger partial charge in [-0.1, -0.05) is 15.9 Å². The summed E-state index contributed by atoms with van der Waals surface area (Å²) in [5.74, 6) is -0.439. The van der Waals surface area contributed by atoms with Crippen molar-refractivity contribution in [3.8, 4) is 17.0 Å². The Morgan fingerprint density at radius 3 is 2.78 bits per heavy atom. The molecule has 0 atom stereocenters. The molecule has 0 bridgehead atoms. The third-order valence-electron chi connectivity index (χ3n) is 3.89. The van der Waals surface area contributed by atoms with Crippen molar-refractivity contribution in [2.75, 3.05) is 12.4 Å². The van der Waals surface area contributed by atoms with Gasteiger partial charge in [-0.25, -0.2) is 18.7 Å². The summed E-state index contributed by atoms with van der Waals surface area (Å²) in [5.41, 5.74) is 2.40. The van der Waals surface area contributed by atoms with Gasteiger partial charge < -0.3 is 10.1 Å². The molecule has 9 heteroatoms. The molecule has 2 N–H and O–H groups in total. The SMILES string of the molecule is COc1ccc(Br)cc1-c1[nH]nc2nc(Nc3ccc(F)cc3F)cnc12. The first-order chi connectivity index (χ1) is 13.0. The summed E-state index contributed by atoms with van der Waals surface area (Å²) >= 11 is 3.44. The molecule has 0 fully saturated rings. The van der Waals surface area contributed by atoms with Crippen LogP contribution in [0.4, 0.5) is 20.3 Å². The number of benzene rings is 2. The molecule has 136 valence electrons. The van der Waals surface area contributed by atoms with Crippen molar-refractivity contribution in [2.45, 2.75) is 0 Å². The number of anilines is 2. The first-order valence-electron chi connectivity index (χ1n) is 7.82. The van der Waals surface area contributed by atoms with Crippen LogP contribution in [0.15, 0.2) is 47.1 Å². The molecule has 2 aromatic carbocycles. The Hall–Kier alpha value is -3.07. The van der Waals surface area contributed by atoms with Gasteiger partial charge in [0.05, 0.1) is 24.7 Å². The fraction of sp³-hybridized carbons (Fsp3) is 0.0556. The van der Waals surface area contributed by atoms with E-state index in [1.807, 2.05) is 18.2 Å². The molecule has 0 radical (unpaired) electrons. The molecule has 0 aliphatic carbocycles. The Kier molecular flexibility index (Phi) is 4.44.